The van der Waals surface area contributed by atoms with Crippen LogP contribution in [0.4, 0.5) is 4.39 Å². The highest BCUT2D eigenvalue weighted by molar-refractivity contribution is 5.08. The van der Waals surface area contributed by atoms with Crippen molar-refractivity contribution in [2.75, 3.05) is 0 Å². The van der Waals surface area contributed by atoms with Crippen molar-refractivity contribution < 1.29 is 13.9 Å². The van der Waals surface area contributed by atoms with E-state index in [1.807, 2.05) is 0 Å². The molecule has 1 N–H and O–H groups in total. The number of aromatic hydroxyl groups is 1. The molecule has 44 valence electrons. The predicted octanol–water partition coefficient (Wildman–Crippen LogP) is 1.45. The molecule has 0 bridgehead atoms. The first kappa shape index (κ1) is 5.15. The normalized spacial score (nSPS) is 9.62. The van der Waals surface area contributed by atoms with E-state index in [0.717, 1.165) is 0 Å². The summed E-state index contributed by atoms with van der Waals surface area (Å²) >= 11 is 0. The van der Waals surface area contributed by atoms with Crippen molar-refractivity contribution >= 4 is 0 Å². The minimum Gasteiger partial charge on any atom is -0.481 e. The van der Waals surface area contributed by atoms with Gasteiger partial charge in [-0.2, -0.15) is 0 Å². The zero-order valence-electron chi connectivity index (χ0n) is 4.10. The lowest BCUT2D eigenvalue weighted by molar-refractivity contribution is 0.297. The highest BCUT2D eigenvalue weighted by Gasteiger charge is 1.95. The molecule has 0 aliphatic rings. The van der Waals surface area contributed by atoms with Gasteiger partial charge >= 0.3 is 0 Å². The molecule has 0 fully saturated rings. The van der Waals surface area contributed by atoms with Gasteiger partial charge in [-0.3, -0.25) is 0 Å². The maximum atomic E-state index is 11.5. The van der Waals surface area contributed by atoms with Crippen LogP contribution in [0.1, 0.15) is 5.76 Å². The Hall–Kier alpha value is -0.990. The molecule has 1 heterocycles. The van der Waals surface area contributed by atoms with E-state index in [4.69, 9.17) is 5.11 Å². The van der Waals surface area contributed by atoms with Crippen molar-refractivity contribution in [2.45, 2.75) is 6.67 Å². The van der Waals surface area contributed by atoms with E-state index in [2.05, 4.69) is 4.42 Å². The van der Waals surface area contributed by atoms with Crippen LogP contribution in [0.5, 0.6) is 5.95 Å². The van der Waals surface area contributed by atoms with E-state index >= 15 is 0 Å². The van der Waals surface area contributed by atoms with Crippen LogP contribution in [-0.2, 0) is 6.67 Å². The van der Waals surface area contributed by atoms with Crippen LogP contribution in [-0.4, -0.2) is 5.11 Å². The third-order valence-corrected chi connectivity index (χ3v) is 0.779. The van der Waals surface area contributed by atoms with Gasteiger partial charge in [0.2, 0.25) is 0 Å². The van der Waals surface area contributed by atoms with E-state index in [9.17, 15) is 4.39 Å². The summed E-state index contributed by atoms with van der Waals surface area (Å²) in [5.74, 6) is -0.0832. The van der Waals surface area contributed by atoms with Crippen LogP contribution >= 0.6 is 0 Å². The Labute approximate surface area is 45.6 Å². The van der Waals surface area contributed by atoms with Gasteiger partial charge in [0.15, 0.2) is 0 Å². The molecule has 1 aromatic rings. The van der Waals surface area contributed by atoms with Crippen LogP contribution in [0.25, 0.3) is 0 Å². The molecule has 2 nitrogen and oxygen atoms in total. The molecular weight excluding hydrogens is 111 g/mol. The summed E-state index contributed by atoms with van der Waals surface area (Å²) in [5.41, 5.74) is 0. The Kier molecular flexibility index (Phi) is 1.20. The van der Waals surface area contributed by atoms with Crippen LogP contribution in [0.15, 0.2) is 16.5 Å². The summed E-state index contributed by atoms with van der Waals surface area (Å²) in [6, 6.07) is 2.68. The smallest absolute Gasteiger partial charge is 0.282 e. The standard InChI is InChI=1S/C5H5FO2/c6-3-4-1-2-5(7)8-4/h1-2,7H,3H2. The third kappa shape index (κ3) is 0.804. The first-order valence-corrected chi connectivity index (χ1v) is 2.16. The zero-order chi connectivity index (χ0) is 5.98. The van der Waals surface area contributed by atoms with Gasteiger partial charge in [-0.05, 0) is 6.07 Å². The van der Waals surface area contributed by atoms with Crippen molar-refractivity contribution in [3.05, 3.63) is 17.9 Å². The first-order chi connectivity index (χ1) is 3.83. The lowest BCUT2D eigenvalue weighted by Gasteiger charge is -1.79. The Morgan fingerprint density at radius 2 is 2.38 bits per heavy atom. The molecule has 8 heavy (non-hydrogen) atoms. The SMILES string of the molecule is Oc1ccc(CF)o1. The van der Waals surface area contributed by atoms with Gasteiger partial charge in [0.25, 0.3) is 5.95 Å². The molecule has 0 saturated heterocycles. The number of halogens is 1. The topological polar surface area (TPSA) is 33.4 Å². The fourth-order valence-corrected chi connectivity index (χ4v) is 0.438. The highest BCUT2D eigenvalue weighted by atomic mass is 19.1. The molecule has 0 aromatic carbocycles. The van der Waals surface area contributed by atoms with Crippen LogP contribution in [0.3, 0.4) is 0 Å². The molecule has 0 aliphatic heterocycles. The van der Waals surface area contributed by atoms with E-state index in [-0.39, 0.29) is 11.7 Å². The molecule has 3 heteroatoms. The Morgan fingerprint density at radius 1 is 1.62 bits per heavy atom. The average Bonchev–Trinajstić information content (AvgIpc) is 2.14. The first-order valence-electron chi connectivity index (χ1n) is 2.16. The summed E-state index contributed by atoms with van der Waals surface area (Å²) in [7, 11) is 0. The summed E-state index contributed by atoms with van der Waals surface area (Å²) < 4.78 is 15.9. The number of alkyl halides is 1. The number of rotatable bonds is 1. The number of furan rings is 1. The van der Waals surface area contributed by atoms with Gasteiger partial charge in [0.1, 0.15) is 12.4 Å². The second kappa shape index (κ2) is 1.86. The van der Waals surface area contributed by atoms with Crippen LogP contribution in [0.2, 0.25) is 0 Å². The van der Waals surface area contributed by atoms with Crippen LogP contribution in [0, 0.1) is 0 Å². The third-order valence-electron chi connectivity index (χ3n) is 0.779. The Bertz CT molecular complexity index is 171. The Morgan fingerprint density at radius 3 is 2.62 bits per heavy atom. The minimum absolute atomic E-state index is 0.155. The maximum absolute atomic E-state index is 11.5. The lowest BCUT2D eigenvalue weighted by Crippen LogP contribution is -1.64. The summed E-state index contributed by atoms with van der Waals surface area (Å²) in [5, 5.41) is 8.45. The maximum Gasteiger partial charge on any atom is 0.282 e. The summed E-state index contributed by atoms with van der Waals surface area (Å²) in [6.45, 7) is -0.666. The Balaban J connectivity index is 2.84. The van der Waals surface area contributed by atoms with Gasteiger partial charge in [-0.15, -0.1) is 0 Å². The zero-order valence-corrected chi connectivity index (χ0v) is 4.10. The van der Waals surface area contributed by atoms with Crippen molar-refractivity contribution in [2.24, 2.45) is 0 Å². The molecule has 1 aromatic heterocycles. The fraction of sp³-hybridized carbons (Fsp3) is 0.200. The van der Waals surface area contributed by atoms with Crippen molar-refractivity contribution in [1.29, 1.82) is 0 Å². The van der Waals surface area contributed by atoms with Gasteiger partial charge in [-0.1, -0.05) is 0 Å². The monoisotopic (exact) mass is 116 g/mol. The van der Waals surface area contributed by atoms with Gasteiger partial charge in [-0.25, -0.2) is 4.39 Å². The van der Waals surface area contributed by atoms with Crippen molar-refractivity contribution in [3.8, 4) is 5.95 Å². The molecule has 0 saturated carbocycles. The molecular formula is C5H5FO2. The largest absolute Gasteiger partial charge is 0.481 e. The van der Waals surface area contributed by atoms with E-state index in [1.54, 1.807) is 0 Å². The number of hydrogen-bond acceptors (Lipinski definition) is 2. The van der Waals surface area contributed by atoms with Gasteiger partial charge in [0.05, 0.1) is 0 Å². The van der Waals surface area contributed by atoms with Crippen LogP contribution < -0.4 is 0 Å². The van der Waals surface area contributed by atoms with E-state index in [0.29, 0.717) is 0 Å². The molecule has 0 spiro atoms. The molecule has 0 aliphatic carbocycles. The predicted molar refractivity (Wildman–Crippen MR) is 25.2 cm³/mol. The lowest BCUT2D eigenvalue weighted by atomic mass is 10.5. The summed E-state index contributed by atoms with van der Waals surface area (Å²) in [6.07, 6.45) is 0. The van der Waals surface area contributed by atoms with E-state index < -0.39 is 6.67 Å². The minimum atomic E-state index is -0.666. The molecule has 0 atom stereocenters. The highest BCUT2D eigenvalue weighted by Crippen LogP contribution is 2.13. The second-order valence-electron chi connectivity index (χ2n) is 1.37. The average molecular weight is 116 g/mol. The van der Waals surface area contributed by atoms with E-state index in [1.165, 1.54) is 12.1 Å². The second-order valence-corrected chi connectivity index (χ2v) is 1.37. The van der Waals surface area contributed by atoms with Gasteiger partial charge in [0, 0.05) is 6.07 Å². The molecule has 1 rings (SSSR count). The van der Waals surface area contributed by atoms with Crippen molar-refractivity contribution in [3.63, 3.8) is 0 Å². The van der Waals surface area contributed by atoms with Crippen molar-refractivity contribution in [1.82, 2.24) is 0 Å². The summed E-state index contributed by atoms with van der Waals surface area (Å²) in [4.78, 5) is 0. The molecule has 0 amide bonds. The fourth-order valence-electron chi connectivity index (χ4n) is 0.438. The van der Waals surface area contributed by atoms with Gasteiger partial charge < -0.3 is 9.52 Å². The molecule has 0 radical (unpaired) electrons. The number of hydrogen-bond donors (Lipinski definition) is 1. The molecule has 0 unspecified atom stereocenters. The quantitative estimate of drug-likeness (QED) is 0.602.